The summed E-state index contributed by atoms with van der Waals surface area (Å²) in [5, 5.41) is 5.89. The highest BCUT2D eigenvalue weighted by atomic mass is 35.5. The number of likely N-dealkylation sites (tertiary alicyclic amines) is 1. The number of nitrogens with zero attached hydrogens (tertiary/aromatic N) is 2. The molecule has 1 saturated heterocycles. The predicted molar refractivity (Wildman–Crippen MR) is 139 cm³/mol. The number of aromatic nitrogens is 1. The summed E-state index contributed by atoms with van der Waals surface area (Å²) >= 11 is 5.83. The van der Waals surface area contributed by atoms with Crippen LogP contribution in [0.4, 0.5) is 19.7 Å². The van der Waals surface area contributed by atoms with E-state index in [1.807, 2.05) is 0 Å². The fourth-order valence-electron chi connectivity index (χ4n) is 4.93. The number of hydrogen-bond donors (Lipinski definition) is 3. The van der Waals surface area contributed by atoms with Gasteiger partial charge < -0.3 is 30.7 Å². The van der Waals surface area contributed by atoms with Gasteiger partial charge >= 0.3 is 18.0 Å². The lowest BCUT2D eigenvalue weighted by Crippen LogP contribution is -2.49. The number of urea groups is 1. The van der Waals surface area contributed by atoms with Crippen LogP contribution < -0.4 is 21.1 Å². The van der Waals surface area contributed by atoms with E-state index >= 15 is 0 Å². The molecule has 13 heteroatoms. The molecule has 4 amide bonds. The fraction of sp³-hybridized carbons (Fsp3) is 0.308. The number of primary amides is 1. The molecule has 0 radical (unpaired) electrons. The third-order valence-corrected chi connectivity index (χ3v) is 7.26. The predicted octanol–water partition coefficient (Wildman–Crippen LogP) is 3.22. The Bertz CT molecular complexity index is 1490. The molecule has 1 saturated carbocycles. The minimum absolute atomic E-state index is 0.0427. The van der Waals surface area contributed by atoms with Gasteiger partial charge in [0, 0.05) is 29.7 Å². The maximum absolute atomic E-state index is 14.2. The van der Waals surface area contributed by atoms with Crippen molar-refractivity contribution in [3.63, 3.8) is 0 Å². The number of hydrogen-bond acceptors (Lipinski definition) is 6. The Balaban J connectivity index is 1.34. The van der Waals surface area contributed by atoms with E-state index in [4.69, 9.17) is 22.1 Å². The molecular weight excluding hydrogens is 533 g/mol. The van der Waals surface area contributed by atoms with E-state index in [1.165, 1.54) is 34.9 Å². The number of fused-ring (bicyclic) bond motifs is 2. The van der Waals surface area contributed by atoms with Gasteiger partial charge in [-0.05, 0) is 43.0 Å². The molecular formula is C26H25ClFN5O6. The van der Waals surface area contributed by atoms with Gasteiger partial charge in [-0.15, -0.1) is 0 Å². The number of nitrogens with one attached hydrogen (secondary N) is 2. The summed E-state index contributed by atoms with van der Waals surface area (Å²) < 4.78 is 25.4. The van der Waals surface area contributed by atoms with Crippen molar-refractivity contribution in [3.05, 3.63) is 59.0 Å². The largest absolute Gasteiger partial charge is 0.482 e. The number of methoxy groups -OCH3 is 1. The highest BCUT2D eigenvalue weighted by Gasteiger charge is 2.56. The van der Waals surface area contributed by atoms with Gasteiger partial charge in [0.2, 0.25) is 5.91 Å². The average Bonchev–Trinajstić information content (AvgIpc) is 3.43. The van der Waals surface area contributed by atoms with E-state index in [-0.39, 0.29) is 41.4 Å². The van der Waals surface area contributed by atoms with E-state index in [0.717, 1.165) is 6.42 Å². The number of rotatable bonds is 7. The molecule has 1 aliphatic heterocycles. The Hall–Kier alpha value is -4.32. The van der Waals surface area contributed by atoms with Crippen molar-refractivity contribution < 1.29 is 33.0 Å². The molecule has 3 aromatic rings. The number of nitrogens with two attached hydrogens (primary N) is 1. The van der Waals surface area contributed by atoms with Crippen molar-refractivity contribution in [2.45, 2.75) is 31.5 Å². The van der Waals surface area contributed by atoms with E-state index in [1.54, 1.807) is 24.3 Å². The highest BCUT2D eigenvalue weighted by molar-refractivity contribution is 6.30. The van der Waals surface area contributed by atoms with Crippen molar-refractivity contribution in [2.75, 3.05) is 19.0 Å². The second-order valence-corrected chi connectivity index (χ2v) is 9.78. The minimum Gasteiger partial charge on any atom is -0.482 e. The average molecular weight is 558 g/mol. The van der Waals surface area contributed by atoms with Crippen molar-refractivity contribution in [2.24, 2.45) is 11.7 Å². The normalized spacial score (nSPS) is 19.4. The lowest BCUT2D eigenvalue weighted by atomic mass is 10.1. The Morgan fingerprint density at radius 2 is 1.97 bits per heavy atom. The van der Waals surface area contributed by atoms with Crippen molar-refractivity contribution in [3.8, 4) is 5.75 Å². The monoisotopic (exact) mass is 557 g/mol. The zero-order chi connectivity index (χ0) is 27.8. The van der Waals surface area contributed by atoms with Crippen molar-refractivity contribution >= 4 is 52.1 Å². The topological polar surface area (TPSA) is 145 Å². The number of carbonyl (C=O) groups excluding carboxylic acids is 4. The van der Waals surface area contributed by atoms with Crippen LogP contribution in [0.1, 0.15) is 18.4 Å². The van der Waals surface area contributed by atoms with E-state index < -0.39 is 35.8 Å². The number of anilines is 1. The second kappa shape index (κ2) is 10.4. The molecule has 0 bridgehead atoms. The van der Waals surface area contributed by atoms with Gasteiger partial charge in [0.25, 0.3) is 0 Å². The van der Waals surface area contributed by atoms with E-state index in [0.29, 0.717) is 23.1 Å². The van der Waals surface area contributed by atoms with Crippen LogP contribution in [0.2, 0.25) is 5.02 Å². The van der Waals surface area contributed by atoms with Crippen LogP contribution in [-0.2, 0) is 20.9 Å². The Labute approximate surface area is 226 Å². The van der Waals surface area contributed by atoms with Crippen LogP contribution >= 0.6 is 11.6 Å². The van der Waals surface area contributed by atoms with E-state index in [2.05, 4.69) is 15.4 Å². The maximum atomic E-state index is 14.2. The van der Waals surface area contributed by atoms with Gasteiger partial charge in [0.1, 0.15) is 17.6 Å². The molecule has 1 aliphatic carbocycles. The van der Waals surface area contributed by atoms with Crippen LogP contribution in [0.25, 0.3) is 10.9 Å². The van der Waals surface area contributed by atoms with Gasteiger partial charge in [-0.3, -0.25) is 9.36 Å². The summed E-state index contributed by atoms with van der Waals surface area (Å²) in [6, 6.07) is 7.06. The van der Waals surface area contributed by atoms with Gasteiger partial charge in [0.15, 0.2) is 6.61 Å². The van der Waals surface area contributed by atoms with E-state index in [9.17, 15) is 23.6 Å². The number of piperidine rings is 1. The molecule has 3 atom stereocenters. The van der Waals surface area contributed by atoms with Crippen LogP contribution in [-0.4, -0.2) is 59.2 Å². The lowest BCUT2D eigenvalue weighted by molar-refractivity contribution is -0.142. The molecule has 2 aliphatic rings. The molecule has 5 rings (SSSR count). The number of benzene rings is 2. The first-order valence-electron chi connectivity index (χ1n) is 12.1. The molecule has 4 N–H and O–H groups in total. The molecule has 39 heavy (non-hydrogen) atoms. The fourth-order valence-corrected chi connectivity index (χ4v) is 5.12. The number of ether oxygens (including phenoxy) is 2. The SMILES string of the molecule is COC(=O)COc1ccc2c(c1)c(NC(=O)N1C3CC3C[C@H]1C(=O)NCc1cccc(Cl)c1F)cn2C(N)=O. The molecule has 2 fully saturated rings. The first-order chi connectivity index (χ1) is 18.7. The van der Waals surface area contributed by atoms with Gasteiger partial charge in [-0.25, -0.2) is 18.8 Å². The van der Waals surface area contributed by atoms with Crippen LogP contribution in [0.3, 0.4) is 0 Å². The Kier molecular flexibility index (Phi) is 7.04. The molecule has 1 aromatic heterocycles. The number of halogens is 2. The zero-order valence-corrected chi connectivity index (χ0v) is 21.5. The zero-order valence-electron chi connectivity index (χ0n) is 20.8. The standard InChI is InChI=1S/C26H25ClFN5O6/c1-38-22(34)12-39-15-5-6-19-16(9-15)18(11-32(19)25(29)36)31-26(37)33-20-7-14(20)8-21(33)24(35)30-10-13-3-2-4-17(27)23(13)28/h2-6,9,11,14,20-21H,7-8,10,12H2,1H3,(H2,29,36)(H,30,35)(H,31,37)/t14?,20?,21-/m0/s1. The van der Waals surface area contributed by atoms with Crippen molar-refractivity contribution in [1.29, 1.82) is 0 Å². The third kappa shape index (κ3) is 5.19. The molecule has 0 spiro atoms. The second-order valence-electron chi connectivity index (χ2n) is 9.38. The summed E-state index contributed by atoms with van der Waals surface area (Å²) in [5.41, 5.74) is 6.42. The molecule has 2 unspecified atom stereocenters. The first-order valence-corrected chi connectivity index (χ1v) is 12.5. The van der Waals surface area contributed by atoms with Gasteiger partial charge in [-0.1, -0.05) is 23.7 Å². The molecule has 11 nitrogen and oxygen atoms in total. The number of carbonyl (C=O) groups is 4. The summed E-state index contributed by atoms with van der Waals surface area (Å²) in [6.07, 6.45) is 2.64. The quantitative estimate of drug-likeness (QED) is 0.380. The van der Waals surface area contributed by atoms with Gasteiger partial charge in [-0.2, -0.15) is 0 Å². The lowest BCUT2D eigenvalue weighted by Gasteiger charge is -2.27. The summed E-state index contributed by atoms with van der Waals surface area (Å²) in [5.74, 6) is -1.09. The highest BCUT2D eigenvalue weighted by Crippen LogP contribution is 2.48. The molecule has 2 heterocycles. The third-order valence-electron chi connectivity index (χ3n) is 6.97. The summed E-state index contributed by atoms with van der Waals surface area (Å²) in [6.45, 7) is -0.403. The first kappa shape index (κ1) is 26.3. The molecule has 2 aromatic carbocycles. The number of amides is 4. The smallest absolute Gasteiger partial charge is 0.343 e. The van der Waals surface area contributed by atoms with Gasteiger partial charge in [0.05, 0.1) is 23.3 Å². The van der Waals surface area contributed by atoms with Crippen LogP contribution in [0, 0.1) is 11.7 Å². The van der Waals surface area contributed by atoms with Crippen LogP contribution in [0.15, 0.2) is 42.6 Å². The summed E-state index contributed by atoms with van der Waals surface area (Å²) in [7, 11) is 1.24. The maximum Gasteiger partial charge on any atom is 0.343 e. The molecule has 204 valence electrons. The minimum atomic E-state index is -0.766. The number of esters is 1. The van der Waals surface area contributed by atoms with Crippen molar-refractivity contribution in [1.82, 2.24) is 14.8 Å². The van der Waals surface area contributed by atoms with Crippen LogP contribution in [0.5, 0.6) is 5.75 Å². The Morgan fingerprint density at radius 1 is 1.18 bits per heavy atom. The Morgan fingerprint density at radius 3 is 2.72 bits per heavy atom. The summed E-state index contributed by atoms with van der Waals surface area (Å²) in [4.78, 5) is 51.4.